The van der Waals surface area contributed by atoms with Crippen molar-refractivity contribution in [1.82, 2.24) is 9.80 Å². The van der Waals surface area contributed by atoms with E-state index >= 15 is 0 Å². The molecule has 0 aliphatic rings. The quantitative estimate of drug-likeness (QED) is 0.468. The van der Waals surface area contributed by atoms with E-state index in [-0.39, 0.29) is 38.2 Å². The molecule has 0 saturated heterocycles. The fourth-order valence-electron chi connectivity index (χ4n) is 1.92. The Balaban J connectivity index is -0.000000155. The summed E-state index contributed by atoms with van der Waals surface area (Å²) < 4.78 is 0. The Labute approximate surface area is 187 Å². The third-order valence-electron chi connectivity index (χ3n) is 4.67. The summed E-state index contributed by atoms with van der Waals surface area (Å²) in [6.07, 6.45) is 0. The van der Waals surface area contributed by atoms with Crippen molar-refractivity contribution in [2.75, 3.05) is 7.05 Å². The first-order chi connectivity index (χ1) is 10.5. The molecule has 0 N–H and O–H groups in total. The van der Waals surface area contributed by atoms with E-state index in [2.05, 4.69) is 107 Å². The smallest absolute Gasteiger partial charge is 0.0124 e. The van der Waals surface area contributed by atoms with Gasteiger partial charge in [0.05, 0.1) is 0 Å². The zero-order valence-corrected chi connectivity index (χ0v) is 23.0. The van der Waals surface area contributed by atoms with Crippen LogP contribution in [0.4, 0.5) is 0 Å². The average molecular weight is 432 g/mol. The van der Waals surface area contributed by atoms with Crippen molar-refractivity contribution in [1.29, 1.82) is 0 Å². The molecular weight excluding hydrogens is 381 g/mol. The molecule has 153 valence electrons. The molecule has 0 aromatic carbocycles. The number of rotatable bonds is 4. The minimum atomic E-state index is 0. The number of hydrogen-bond donors (Lipinski definition) is 0. The van der Waals surface area contributed by atoms with Gasteiger partial charge in [-0.15, -0.1) is 6.04 Å². The molecule has 0 spiro atoms. The van der Waals surface area contributed by atoms with Gasteiger partial charge in [0.1, 0.15) is 0 Å². The maximum absolute atomic E-state index is 4.07. The summed E-state index contributed by atoms with van der Waals surface area (Å²) in [5, 5.41) is 0. The van der Waals surface area contributed by atoms with Crippen LogP contribution in [0, 0.1) is 25.8 Å². The van der Waals surface area contributed by atoms with E-state index < -0.39 is 0 Å². The fraction of sp³-hybridized carbons (Fsp3) is 0.909. The van der Waals surface area contributed by atoms with Gasteiger partial charge in [-0.25, -0.2) is 0 Å². The van der Waals surface area contributed by atoms with E-state index in [0.29, 0.717) is 23.5 Å². The van der Waals surface area contributed by atoms with E-state index in [9.17, 15) is 0 Å². The largest absolute Gasteiger partial charge is 0.477 e. The second-order valence-corrected chi connectivity index (χ2v) is 9.22. The number of nitrogens with zero attached hydrogens (tertiary/aromatic N) is 2. The monoisotopic (exact) mass is 431 g/mol. The van der Waals surface area contributed by atoms with Crippen LogP contribution in [0.15, 0.2) is 0 Å². The van der Waals surface area contributed by atoms with Crippen LogP contribution >= 0.6 is 0 Å². The van der Waals surface area contributed by atoms with E-state index in [1.54, 1.807) is 0 Å². The Morgan fingerprint density at radius 2 is 1.04 bits per heavy atom. The maximum atomic E-state index is 4.07. The zero-order chi connectivity index (χ0) is 20.5. The van der Waals surface area contributed by atoms with Crippen molar-refractivity contribution >= 4 is 0 Å². The normalized spacial score (nSPS) is 14.4. The molecule has 0 aliphatic heterocycles. The van der Waals surface area contributed by atoms with Gasteiger partial charge in [0.2, 0.25) is 0 Å². The Kier molecular flexibility index (Phi) is 20.2. The minimum Gasteiger partial charge on any atom is -0.477 e. The molecule has 0 aromatic heterocycles. The van der Waals surface area contributed by atoms with Gasteiger partial charge < -0.3 is 11.8 Å². The van der Waals surface area contributed by atoms with Crippen molar-refractivity contribution in [3.8, 4) is 0 Å². The first kappa shape index (κ1) is 33.6. The Morgan fingerprint density at radius 1 is 0.720 bits per heavy atom. The molecule has 2 unspecified atom stereocenters. The number of hydrogen-bond acceptors (Lipinski definition) is 2. The third kappa shape index (κ3) is 15.7. The molecule has 25 heavy (non-hydrogen) atoms. The summed E-state index contributed by atoms with van der Waals surface area (Å²) >= 11 is 0. The van der Waals surface area contributed by atoms with Crippen LogP contribution in [0.25, 0.3) is 0 Å². The molecule has 0 heterocycles. The Morgan fingerprint density at radius 3 is 1.12 bits per heavy atom. The van der Waals surface area contributed by atoms with E-state index in [4.69, 9.17) is 0 Å². The van der Waals surface area contributed by atoms with Crippen LogP contribution in [0.5, 0.6) is 0 Å². The molecule has 2 nitrogen and oxygen atoms in total. The molecule has 2 atom stereocenters. The molecule has 0 aromatic rings. The van der Waals surface area contributed by atoms with Gasteiger partial charge in [-0.05, 0) is 67.0 Å². The molecule has 0 rings (SSSR count). The maximum Gasteiger partial charge on any atom is 0.0124 e. The Bertz CT molecular complexity index is 257. The molecule has 0 saturated carbocycles. The summed E-state index contributed by atoms with van der Waals surface area (Å²) in [6, 6.07) is 0.963. The van der Waals surface area contributed by atoms with Crippen LogP contribution in [-0.2, 0) is 32.7 Å². The van der Waals surface area contributed by atoms with Crippen molar-refractivity contribution in [2.45, 2.75) is 113 Å². The first-order valence-electron chi connectivity index (χ1n) is 9.69. The van der Waals surface area contributed by atoms with Crippen molar-refractivity contribution in [2.24, 2.45) is 11.8 Å². The molecule has 3 heteroatoms. The summed E-state index contributed by atoms with van der Waals surface area (Å²) in [5.41, 5.74) is 0.417. The Hall–Kier alpha value is 1.02. The predicted octanol–water partition coefficient (Wildman–Crippen LogP) is 6.52. The van der Waals surface area contributed by atoms with Crippen LogP contribution in [0.1, 0.15) is 90.0 Å². The molecule has 0 aliphatic carbocycles. The van der Waals surface area contributed by atoms with E-state index in [1.165, 1.54) is 0 Å². The van der Waals surface area contributed by atoms with Gasteiger partial charge >= 0.3 is 0 Å². The van der Waals surface area contributed by atoms with E-state index in [1.807, 2.05) is 13.8 Å². The minimum absolute atomic E-state index is 0. The first-order valence-corrected chi connectivity index (χ1v) is 9.69. The van der Waals surface area contributed by atoms with Gasteiger partial charge in [0.25, 0.3) is 0 Å². The van der Waals surface area contributed by atoms with Crippen molar-refractivity contribution in [3.05, 3.63) is 14.0 Å². The summed E-state index contributed by atoms with van der Waals surface area (Å²) in [4.78, 5) is 4.50. The molecule has 0 amide bonds. The van der Waals surface area contributed by atoms with Gasteiger partial charge in [-0.1, -0.05) is 47.5 Å². The van der Waals surface area contributed by atoms with Gasteiger partial charge in [0, 0.05) is 44.3 Å². The topological polar surface area (TPSA) is 6.48 Å². The molecule has 1 radical (unpaired) electrons. The molecular formula is C22H50N2Y-2. The van der Waals surface area contributed by atoms with Crippen LogP contribution < -0.4 is 0 Å². The fourth-order valence-corrected chi connectivity index (χ4v) is 1.92. The van der Waals surface area contributed by atoms with Gasteiger partial charge in [-0.2, -0.15) is 0 Å². The molecule has 0 fully saturated rings. The van der Waals surface area contributed by atoms with Gasteiger partial charge in [-0.3, -0.25) is 11.9 Å². The second-order valence-electron chi connectivity index (χ2n) is 9.22. The van der Waals surface area contributed by atoms with Crippen molar-refractivity contribution < 1.29 is 32.7 Å². The molecule has 0 bridgehead atoms. The summed E-state index contributed by atoms with van der Waals surface area (Å²) in [5.74, 6) is 1.30. The SMILES string of the molecule is CC.CC(C)C(C)N(C)C(C)(C)C.[CH2-]C(C(C)C)N([CH2-])C(C)(C)C.[Y]. The van der Waals surface area contributed by atoms with Gasteiger partial charge in [0.15, 0.2) is 0 Å². The summed E-state index contributed by atoms with van der Waals surface area (Å²) in [6.45, 7) is 32.5. The second kappa shape index (κ2) is 15.0. The predicted molar refractivity (Wildman–Crippen MR) is 114 cm³/mol. The summed E-state index contributed by atoms with van der Waals surface area (Å²) in [7, 11) is 6.20. The average Bonchev–Trinajstić information content (AvgIpc) is 2.44. The van der Waals surface area contributed by atoms with Crippen molar-refractivity contribution in [3.63, 3.8) is 0 Å². The standard InChI is InChI=1S/C10H23N.C10H21N.C2H6.Y/c2*1-8(2)9(3)11(7)10(4,5)6;1-2;/h8-9H,1-7H3;8-9H,3,7H2,1-2,4-6H3;1-2H3;/q;-2;;. The zero-order valence-electron chi connectivity index (χ0n) is 20.2. The third-order valence-corrected chi connectivity index (χ3v) is 4.67. The van der Waals surface area contributed by atoms with Crippen LogP contribution in [0.3, 0.4) is 0 Å². The van der Waals surface area contributed by atoms with E-state index in [0.717, 1.165) is 5.92 Å². The van der Waals surface area contributed by atoms with Crippen LogP contribution in [-0.4, -0.2) is 40.0 Å². The van der Waals surface area contributed by atoms with Crippen LogP contribution in [0.2, 0.25) is 0 Å².